The minimum atomic E-state index is -0.422. The van der Waals surface area contributed by atoms with Gasteiger partial charge in [0.2, 0.25) is 5.96 Å². The van der Waals surface area contributed by atoms with Crippen molar-refractivity contribution in [3.8, 4) is 0 Å². The summed E-state index contributed by atoms with van der Waals surface area (Å²) in [4.78, 5) is 11.4. The highest BCUT2D eigenvalue weighted by Crippen LogP contribution is 1.96. The third-order valence-corrected chi connectivity index (χ3v) is 1.53. The van der Waals surface area contributed by atoms with Gasteiger partial charge in [0.25, 0.3) is 5.91 Å². The molecule has 1 amide bonds. The monoisotopic (exact) mass is 205 g/mol. The molecule has 78 valence electrons. The number of carbonyl (C=O) groups excluding carboxylic acids is 1. The lowest BCUT2D eigenvalue weighted by Gasteiger charge is -2.07. The molecule has 0 aliphatic heterocycles. The highest BCUT2D eigenvalue weighted by molar-refractivity contribution is 6.08. The van der Waals surface area contributed by atoms with E-state index >= 15 is 0 Å². The van der Waals surface area contributed by atoms with Crippen LogP contribution in [0, 0.1) is 10.8 Å². The van der Waals surface area contributed by atoms with E-state index in [1.807, 2.05) is 0 Å². The van der Waals surface area contributed by atoms with Crippen molar-refractivity contribution < 1.29 is 4.79 Å². The molecule has 15 heavy (non-hydrogen) atoms. The van der Waals surface area contributed by atoms with E-state index in [9.17, 15) is 4.79 Å². The Labute approximate surface area is 86.5 Å². The van der Waals surface area contributed by atoms with Crippen LogP contribution in [0.25, 0.3) is 0 Å². The Balaban J connectivity index is 2.57. The molecule has 1 aromatic carbocycles. The lowest BCUT2D eigenvalue weighted by molar-refractivity contribution is 0.0976. The van der Waals surface area contributed by atoms with Crippen molar-refractivity contribution in [2.75, 3.05) is 0 Å². The zero-order valence-electron chi connectivity index (χ0n) is 7.87. The van der Waals surface area contributed by atoms with Gasteiger partial charge in [-0.05, 0) is 12.1 Å². The van der Waals surface area contributed by atoms with Crippen LogP contribution in [0.15, 0.2) is 30.3 Å². The van der Waals surface area contributed by atoms with E-state index in [0.29, 0.717) is 5.56 Å². The van der Waals surface area contributed by atoms with Crippen molar-refractivity contribution >= 4 is 17.8 Å². The Kier molecular flexibility index (Phi) is 3.39. The van der Waals surface area contributed by atoms with Gasteiger partial charge in [0.15, 0.2) is 5.96 Å². The van der Waals surface area contributed by atoms with Crippen molar-refractivity contribution in [3.63, 3.8) is 0 Å². The number of nitrogens with two attached hydrogens (primary N) is 1. The number of carbonyl (C=O) groups is 1. The topological polar surface area (TPSA) is 115 Å². The van der Waals surface area contributed by atoms with Gasteiger partial charge in [0.1, 0.15) is 0 Å². The summed E-state index contributed by atoms with van der Waals surface area (Å²) in [5.74, 6) is -1.14. The lowest BCUT2D eigenvalue weighted by atomic mass is 10.2. The van der Waals surface area contributed by atoms with Gasteiger partial charge in [-0.25, -0.2) is 0 Å². The van der Waals surface area contributed by atoms with Crippen LogP contribution in [0.3, 0.4) is 0 Å². The molecule has 6 nitrogen and oxygen atoms in total. The molecule has 0 unspecified atom stereocenters. The zero-order chi connectivity index (χ0) is 11.3. The van der Waals surface area contributed by atoms with Crippen molar-refractivity contribution in [1.82, 2.24) is 10.6 Å². The molecule has 0 aromatic heterocycles. The summed E-state index contributed by atoms with van der Waals surface area (Å²) in [5, 5.41) is 18.5. The largest absolute Gasteiger partial charge is 0.370 e. The second-order valence-electron chi connectivity index (χ2n) is 2.73. The van der Waals surface area contributed by atoms with Gasteiger partial charge in [-0.2, -0.15) is 0 Å². The van der Waals surface area contributed by atoms with Crippen molar-refractivity contribution in [1.29, 1.82) is 10.8 Å². The SMILES string of the molecule is N=C(N)NC(=N)NC(=O)c1ccccc1. The molecular formula is C9H11N5O. The van der Waals surface area contributed by atoms with Gasteiger partial charge in [0, 0.05) is 5.56 Å². The molecule has 0 saturated heterocycles. The number of rotatable bonds is 1. The maximum Gasteiger partial charge on any atom is 0.257 e. The van der Waals surface area contributed by atoms with Crippen LogP contribution >= 0.6 is 0 Å². The van der Waals surface area contributed by atoms with Gasteiger partial charge in [0.05, 0.1) is 0 Å². The molecule has 0 bridgehead atoms. The molecule has 0 heterocycles. The van der Waals surface area contributed by atoms with Crippen LogP contribution in [-0.2, 0) is 0 Å². The molecule has 6 heteroatoms. The zero-order valence-corrected chi connectivity index (χ0v) is 7.87. The fourth-order valence-electron chi connectivity index (χ4n) is 0.941. The molecule has 0 spiro atoms. The van der Waals surface area contributed by atoms with Gasteiger partial charge < -0.3 is 5.73 Å². The summed E-state index contributed by atoms with van der Waals surface area (Å²) < 4.78 is 0. The summed E-state index contributed by atoms with van der Waals surface area (Å²) in [6.07, 6.45) is 0. The molecule has 0 aliphatic carbocycles. The van der Waals surface area contributed by atoms with Gasteiger partial charge in [-0.3, -0.25) is 26.2 Å². The average Bonchev–Trinajstić information content (AvgIpc) is 2.17. The van der Waals surface area contributed by atoms with Crippen molar-refractivity contribution in [2.45, 2.75) is 0 Å². The first kappa shape index (κ1) is 10.7. The Bertz CT molecular complexity index is 387. The fourth-order valence-corrected chi connectivity index (χ4v) is 0.941. The normalized spacial score (nSPS) is 9.07. The minimum Gasteiger partial charge on any atom is -0.370 e. The quantitative estimate of drug-likeness (QED) is 0.324. The first-order valence-electron chi connectivity index (χ1n) is 4.15. The summed E-state index contributed by atoms with van der Waals surface area (Å²) in [6.45, 7) is 0. The highest BCUT2D eigenvalue weighted by Gasteiger charge is 2.06. The maximum atomic E-state index is 11.4. The molecule has 0 fully saturated rings. The molecule has 0 aliphatic rings. The Morgan fingerprint density at radius 1 is 1.13 bits per heavy atom. The fraction of sp³-hybridized carbons (Fsp3) is 0. The smallest absolute Gasteiger partial charge is 0.257 e. The third kappa shape index (κ3) is 3.47. The first-order chi connectivity index (χ1) is 7.09. The van der Waals surface area contributed by atoms with Crippen molar-refractivity contribution in [2.24, 2.45) is 5.73 Å². The molecular weight excluding hydrogens is 194 g/mol. The highest BCUT2D eigenvalue weighted by atomic mass is 16.1. The van der Waals surface area contributed by atoms with E-state index in [-0.39, 0.29) is 5.96 Å². The number of hydrogen-bond donors (Lipinski definition) is 5. The van der Waals surface area contributed by atoms with Gasteiger partial charge in [-0.1, -0.05) is 18.2 Å². The van der Waals surface area contributed by atoms with E-state index in [4.69, 9.17) is 16.6 Å². The van der Waals surface area contributed by atoms with Crippen LogP contribution < -0.4 is 16.4 Å². The first-order valence-corrected chi connectivity index (χ1v) is 4.15. The molecule has 0 radical (unpaired) electrons. The molecule has 1 aromatic rings. The van der Waals surface area contributed by atoms with Crippen LogP contribution in [0.4, 0.5) is 0 Å². The predicted octanol–water partition coefficient (Wildman–Crippen LogP) is -0.166. The van der Waals surface area contributed by atoms with Crippen LogP contribution in [-0.4, -0.2) is 17.8 Å². The standard InChI is InChI=1S/C9H11N5O/c10-8(11)14-9(12)13-7(15)6-4-2-1-3-5-6/h1-5H,(H6,10,11,12,13,14,15). The third-order valence-electron chi connectivity index (χ3n) is 1.53. The molecule has 0 atom stereocenters. The van der Waals surface area contributed by atoms with Crippen LogP contribution in [0.2, 0.25) is 0 Å². The van der Waals surface area contributed by atoms with Gasteiger partial charge >= 0.3 is 0 Å². The Morgan fingerprint density at radius 3 is 2.27 bits per heavy atom. The van der Waals surface area contributed by atoms with E-state index in [2.05, 4.69) is 10.6 Å². The van der Waals surface area contributed by atoms with E-state index in [1.54, 1.807) is 30.3 Å². The lowest BCUT2D eigenvalue weighted by Crippen LogP contribution is -2.45. The molecule has 1 rings (SSSR count). The number of amides is 1. The maximum absolute atomic E-state index is 11.4. The van der Waals surface area contributed by atoms with E-state index in [0.717, 1.165) is 0 Å². The number of hydrogen-bond acceptors (Lipinski definition) is 3. The van der Waals surface area contributed by atoms with E-state index in [1.165, 1.54) is 0 Å². The average molecular weight is 205 g/mol. The second-order valence-corrected chi connectivity index (χ2v) is 2.73. The Hall–Kier alpha value is -2.37. The molecule has 0 saturated carbocycles. The van der Waals surface area contributed by atoms with Crippen LogP contribution in [0.5, 0.6) is 0 Å². The summed E-state index contributed by atoms with van der Waals surface area (Å²) in [5.41, 5.74) is 5.43. The van der Waals surface area contributed by atoms with Gasteiger partial charge in [-0.15, -0.1) is 0 Å². The minimum absolute atomic E-state index is 0.323. The summed E-state index contributed by atoms with van der Waals surface area (Å²) in [7, 11) is 0. The summed E-state index contributed by atoms with van der Waals surface area (Å²) >= 11 is 0. The number of benzene rings is 1. The number of nitrogens with one attached hydrogen (secondary N) is 4. The predicted molar refractivity (Wildman–Crippen MR) is 56.7 cm³/mol. The van der Waals surface area contributed by atoms with E-state index < -0.39 is 11.9 Å². The Morgan fingerprint density at radius 2 is 1.73 bits per heavy atom. The summed E-state index contributed by atoms with van der Waals surface area (Å²) in [6, 6.07) is 8.47. The molecule has 6 N–H and O–H groups in total. The van der Waals surface area contributed by atoms with Crippen LogP contribution in [0.1, 0.15) is 10.4 Å². The number of guanidine groups is 2. The van der Waals surface area contributed by atoms with Crippen molar-refractivity contribution in [3.05, 3.63) is 35.9 Å². The second kappa shape index (κ2) is 4.75.